The average Bonchev–Trinajstić information content (AvgIpc) is 3.03. The molecule has 5 rings (SSSR count). The van der Waals surface area contributed by atoms with E-state index in [1.807, 2.05) is 20.8 Å². The molecule has 8 nitrogen and oxygen atoms in total. The lowest BCUT2D eigenvalue weighted by atomic mass is 9.33. The Kier molecular flexibility index (Phi) is 9.62. The second kappa shape index (κ2) is 12.4. The van der Waals surface area contributed by atoms with Gasteiger partial charge in [0.2, 0.25) is 0 Å². The molecule has 47 heavy (non-hydrogen) atoms. The monoisotopic (exact) mass is 654 g/mol. The summed E-state index contributed by atoms with van der Waals surface area (Å²) in [7, 11) is 2.37. The molecule has 262 valence electrons. The molecule has 9 heteroatoms. The fourth-order valence-electron chi connectivity index (χ4n) is 11.4. The van der Waals surface area contributed by atoms with Crippen LogP contribution < -0.4 is 0 Å². The molecule has 0 radical (unpaired) electrons. The van der Waals surface area contributed by atoms with Gasteiger partial charge in [0.05, 0.1) is 36.9 Å². The summed E-state index contributed by atoms with van der Waals surface area (Å²) in [6.07, 6.45) is 7.22. The summed E-state index contributed by atoms with van der Waals surface area (Å²) in [4.78, 5) is 25.8. The predicted octanol–water partition coefficient (Wildman–Crippen LogP) is 4.46. The SMILES string of the molecule is BC12CC[C@H](O)[C@](C)(COC(=O)/C(C)=C/C)C1CCC1C2CC=C2C3CC(C)(C)[C@@H](O)[C@H](OC(=O)/C(C)=C/C)[C@]3(CO)[C@H](O)C[C@]21C. The van der Waals surface area contributed by atoms with Crippen LogP contribution in [-0.4, -0.2) is 77.8 Å². The second-order valence-electron chi connectivity index (χ2n) is 17.2. The normalized spacial score (nSPS) is 46.2. The van der Waals surface area contributed by atoms with E-state index in [9.17, 15) is 30.0 Å². The maximum absolute atomic E-state index is 13.1. The number of rotatable bonds is 6. The van der Waals surface area contributed by atoms with Gasteiger partial charge in [-0.2, -0.15) is 0 Å². The van der Waals surface area contributed by atoms with Crippen molar-refractivity contribution < 1.29 is 39.5 Å². The molecule has 5 unspecified atom stereocenters. The van der Waals surface area contributed by atoms with E-state index in [0.29, 0.717) is 36.3 Å². The highest BCUT2D eigenvalue weighted by Crippen LogP contribution is 2.73. The quantitative estimate of drug-likeness (QED) is 0.143. The number of esters is 2. The minimum absolute atomic E-state index is 0.107. The van der Waals surface area contributed by atoms with Gasteiger partial charge in [-0.25, -0.2) is 9.59 Å². The van der Waals surface area contributed by atoms with Crippen molar-refractivity contribution in [3.05, 3.63) is 34.9 Å². The highest BCUT2D eigenvalue weighted by atomic mass is 16.6. The molecule has 0 aromatic rings. The van der Waals surface area contributed by atoms with Crippen LogP contribution in [0.1, 0.15) is 100 Å². The van der Waals surface area contributed by atoms with Gasteiger partial charge in [0.15, 0.2) is 0 Å². The standard InChI is InChI=1S/C38H59BO8/c1-9-21(3)32(44)46-20-36(8)27-14-13-23-25(38(27,39)16-15-28(36)41)12-11-24-26-17-34(5,6)30(43)31(47-33(45)22(4)10-2)37(26,19-40)29(42)18-35(23,24)7/h9-11,23,25-31,40-43H,12-20,39H2,1-8H3/b21-9+,22-10+/t23?,25?,26?,27?,28-,29+,30-,31-,35-,36+,37-,38?/m0/s1. The number of hydrogen-bond acceptors (Lipinski definition) is 8. The molecule has 0 spiro atoms. The third-order valence-electron chi connectivity index (χ3n) is 14.6. The van der Waals surface area contributed by atoms with Crippen LogP contribution in [-0.2, 0) is 19.1 Å². The summed E-state index contributed by atoms with van der Waals surface area (Å²) in [5, 5.41) is 46.4. The zero-order chi connectivity index (χ0) is 34.9. The molecule has 0 saturated heterocycles. The van der Waals surface area contributed by atoms with Gasteiger partial charge in [0.25, 0.3) is 0 Å². The maximum atomic E-state index is 13.1. The predicted molar refractivity (Wildman–Crippen MR) is 183 cm³/mol. The van der Waals surface area contributed by atoms with Gasteiger partial charge in [-0.1, -0.05) is 63.2 Å². The number of ether oxygens (including phenoxy) is 2. The van der Waals surface area contributed by atoms with Gasteiger partial charge in [-0.05, 0) is 101 Å². The summed E-state index contributed by atoms with van der Waals surface area (Å²) in [6.45, 7) is 15.1. The molecule has 0 heterocycles. The van der Waals surface area contributed by atoms with E-state index in [4.69, 9.17) is 9.47 Å². The van der Waals surface area contributed by atoms with Crippen molar-refractivity contribution >= 4 is 19.8 Å². The Morgan fingerprint density at radius 1 is 0.936 bits per heavy atom. The van der Waals surface area contributed by atoms with Crippen molar-refractivity contribution in [2.75, 3.05) is 13.2 Å². The van der Waals surface area contributed by atoms with E-state index in [2.05, 4.69) is 27.8 Å². The van der Waals surface area contributed by atoms with Crippen LogP contribution in [0.4, 0.5) is 0 Å². The molecule has 5 aliphatic carbocycles. The Labute approximate surface area is 282 Å². The first-order chi connectivity index (χ1) is 21.9. The summed E-state index contributed by atoms with van der Waals surface area (Å²) in [5.41, 5.74) is -0.573. The van der Waals surface area contributed by atoms with Crippen molar-refractivity contribution in [1.82, 2.24) is 0 Å². The Morgan fingerprint density at radius 3 is 2.19 bits per heavy atom. The lowest BCUT2D eigenvalue weighted by molar-refractivity contribution is -0.250. The lowest BCUT2D eigenvalue weighted by Gasteiger charge is -2.69. The molecule has 4 fully saturated rings. The smallest absolute Gasteiger partial charge is 0.333 e. The van der Waals surface area contributed by atoms with Gasteiger partial charge in [-0.3, -0.25) is 0 Å². The molecule has 4 N–H and O–H groups in total. The third-order valence-corrected chi connectivity index (χ3v) is 14.6. The first kappa shape index (κ1) is 36.3. The van der Waals surface area contributed by atoms with Crippen molar-refractivity contribution in [3.8, 4) is 0 Å². The zero-order valence-corrected chi connectivity index (χ0v) is 30.1. The average molecular weight is 655 g/mol. The van der Waals surface area contributed by atoms with Crippen molar-refractivity contribution in [1.29, 1.82) is 0 Å². The molecule has 5 aliphatic rings. The van der Waals surface area contributed by atoms with Crippen molar-refractivity contribution in [2.45, 2.75) is 130 Å². The molecule has 0 amide bonds. The summed E-state index contributed by atoms with van der Waals surface area (Å²) in [6, 6.07) is 0. The number of hydrogen-bond donors (Lipinski definition) is 4. The van der Waals surface area contributed by atoms with Crippen molar-refractivity contribution in [3.63, 3.8) is 0 Å². The molecule has 0 aromatic heterocycles. The summed E-state index contributed by atoms with van der Waals surface area (Å²) in [5.74, 6) is -0.430. The van der Waals surface area contributed by atoms with Crippen molar-refractivity contribution in [2.24, 2.45) is 45.3 Å². The first-order valence-corrected chi connectivity index (χ1v) is 17.9. The first-order valence-electron chi connectivity index (χ1n) is 17.9. The minimum atomic E-state index is -1.22. The largest absolute Gasteiger partial charge is 0.462 e. The molecule has 0 aromatic carbocycles. The van der Waals surface area contributed by atoms with E-state index in [-0.39, 0.29) is 41.1 Å². The van der Waals surface area contributed by atoms with Crippen LogP contribution >= 0.6 is 0 Å². The number of carbonyl (C=O) groups is 2. The van der Waals surface area contributed by atoms with E-state index >= 15 is 0 Å². The highest BCUT2D eigenvalue weighted by Gasteiger charge is 2.70. The van der Waals surface area contributed by atoms with Crippen LogP contribution in [0.5, 0.6) is 0 Å². The Bertz CT molecular complexity index is 1350. The van der Waals surface area contributed by atoms with E-state index in [1.165, 1.54) is 5.57 Å². The molecule has 4 saturated carbocycles. The van der Waals surface area contributed by atoms with Gasteiger partial charge in [0.1, 0.15) is 14.0 Å². The molecular weight excluding hydrogens is 595 g/mol. The highest BCUT2D eigenvalue weighted by molar-refractivity contribution is 6.16. The van der Waals surface area contributed by atoms with Gasteiger partial charge in [0, 0.05) is 16.6 Å². The Hall–Kier alpha value is -1.94. The van der Waals surface area contributed by atoms with E-state index < -0.39 is 53.2 Å². The summed E-state index contributed by atoms with van der Waals surface area (Å²) < 4.78 is 11.9. The minimum Gasteiger partial charge on any atom is -0.462 e. The number of carbonyl (C=O) groups excluding carboxylic acids is 2. The van der Waals surface area contributed by atoms with Crippen LogP contribution in [0.25, 0.3) is 0 Å². The Balaban J connectivity index is 1.53. The molecule has 0 bridgehead atoms. The topological polar surface area (TPSA) is 134 Å². The maximum Gasteiger partial charge on any atom is 0.333 e. The van der Waals surface area contributed by atoms with Gasteiger partial charge < -0.3 is 29.9 Å². The third kappa shape index (κ3) is 5.32. The number of aliphatic hydroxyl groups excluding tert-OH is 4. The van der Waals surface area contributed by atoms with Gasteiger partial charge >= 0.3 is 11.9 Å². The summed E-state index contributed by atoms with van der Waals surface area (Å²) >= 11 is 0. The molecular formula is C38H59BO8. The van der Waals surface area contributed by atoms with Crippen LogP contribution in [0, 0.1) is 45.3 Å². The number of fused-ring (bicyclic) bond motifs is 7. The van der Waals surface area contributed by atoms with Crippen LogP contribution in [0.3, 0.4) is 0 Å². The molecule has 12 atom stereocenters. The van der Waals surface area contributed by atoms with E-state index in [1.54, 1.807) is 32.9 Å². The van der Waals surface area contributed by atoms with E-state index in [0.717, 1.165) is 25.7 Å². The number of allylic oxidation sites excluding steroid dienone is 4. The van der Waals surface area contributed by atoms with Crippen LogP contribution in [0.2, 0.25) is 5.31 Å². The zero-order valence-electron chi connectivity index (χ0n) is 30.1. The van der Waals surface area contributed by atoms with Gasteiger partial charge in [-0.15, -0.1) is 0 Å². The second-order valence-corrected chi connectivity index (χ2v) is 17.2. The number of aliphatic hydroxyl groups is 4. The molecule has 0 aliphatic heterocycles. The van der Waals surface area contributed by atoms with Crippen LogP contribution in [0.15, 0.2) is 34.9 Å². The Morgan fingerprint density at radius 2 is 1.57 bits per heavy atom. The fraction of sp³-hybridized carbons (Fsp3) is 0.789. The fourth-order valence-corrected chi connectivity index (χ4v) is 11.4. The lowest BCUT2D eigenvalue weighted by Crippen LogP contribution is -2.70.